The van der Waals surface area contributed by atoms with Gasteiger partial charge in [-0.1, -0.05) is 6.07 Å². The third-order valence-corrected chi connectivity index (χ3v) is 3.80. The highest BCUT2D eigenvalue weighted by Gasteiger charge is 2.24. The summed E-state index contributed by atoms with van der Waals surface area (Å²) >= 11 is 0. The minimum Gasteiger partial charge on any atom is -0.748 e. The summed E-state index contributed by atoms with van der Waals surface area (Å²) in [5, 5.41) is 19.3. The molecule has 1 aromatic rings. The lowest BCUT2D eigenvalue weighted by Crippen LogP contribution is -2.41. The molecule has 6 nitrogen and oxygen atoms in total. The van der Waals surface area contributed by atoms with Crippen LogP contribution in [0.2, 0.25) is 0 Å². The van der Waals surface area contributed by atoms with Gasteiger partial charge in [-0.05, 0) is 18.9 Å². The van der Waals surface area contributed by atoms with Gasteiger partial charge >= 0.3 is 0 Å². The second-order valence-electron chi connectivity index (χ2n) is 5.02. The number of nitrogens with zero attached hydrogens (tertiary/aromatic N) is 1. The quantitative estimate of drug-likeness (QED) is 0.352. The van der Waals surface area contributed by atoms with Crippen molar-refractivity contribution in [3.8, 4) is 11.5 Å². The fourth-order valence-electron chi connectivity index (χ4n) is 1.91. The number of para-hydroxylation sites is 1. The third-order valence-electron chi connectivity index (χ3n) is 3.01. The Morgan fingerprint density at radius 3 is 2.42 bits per heavy atom. The molecule has 1 aromatic carbocycles. The van der Waals surface area contributed by atoms with Crippen LogP contribution in [0.25, 0.3) is 0 Å². The van der Waals surface area contributed by atoms with Crippen LogP contribution in [0.15, 0.2) is 18.2 Å². The van der Waals surface area contributed by atoms with Gasteiger partial charge in [-0.25, -0.2) is 8.42 Å². The first-order valence-electron chi connectivity index (χ1n) is 5.91. The van der Waals surface area contributed by atoms with E-state index in [0.717, 1.165) is 0 Å². The fourth-order valence-corrected chi connectivity index (χ4v) is 2.47. The Morgan fingerprint density at radius 1 is 1.21 bits per heavy atom. The van der Waals surface area contributed by atoms with Crippen LogP contribution in [0, 0.1) is 0 Å². The van der Waals surface area contributed by atoms with Gasteiger partial charge in [-0.2, -0.15) is 0 Å². The van der Waals surface area contributed by atoms with Crippen molar-refractivity contribution >= 4 is 15.8 Å². The highest BCUT2D eigenvalue weighted by Crippen LogP contribution is 2.37. The normalized spacial score (nSPS) is 12.6. The summed E-state index contributed by atoms with van der Waals surface area (Å²) in [4.78, 5) is 0. The van der Waals surface area contributed by atoms with Crippen molar-refractivity contribution in [3.05, 3.63) is 18.2 Å². The second kappa shape index (κ2) is 5.77. The lowest BCUT2D eigenvalue weighted by atomic mass is 10.2. The Hall–Kier alpha value is -1.31. The lowest BCUT2D eigenvalue weighted by molar-refractivity contribution is 0.351. The molecular formula is C12H19NO5S. The van der Waals surface area contributed by atoms with E-state index >= 15 is 0 Å². The zero-order valence-corrected chi connectivity index (χ0v) is 11.9. The molecular weight excluding hydrogens is 270 g/mol. The maximum absolute atomic E-state index is 10.5. The standard InChI is InChI=1S/C12H19NO5S/c1-13(2,8-3-4-9-19(16,17)18)10-6-5-7-11(14)12(10)15/h5-7H,3-4,8-9H2,1-2H3,(H2-,14,15,16,17,18). The summed E-state index contributed by atoms with van der Waals surface area (Å²) in [6.45, 7) is 0.548. The molecule has 0 atom stereocenters. The summed E-state index contributed by atoms with van der Waals surface area (Å²) in [5.41, 5.74) is 0.546. The second-order valence-corrected chi connectivity index (χ2v) is 6.55. The Bertz CT molecular complexity index is 539. The van der Waals surface area contributed by atoms with Crippen LogP contribution in [-0.2, 0) is 10.1 Å². The highest BCUT2D eigenvalue weighted by atomic mass is 32.2. The molecule has 0 aliphatic heterocycles. The first kappa shape index (κ1) is 15.7. The van der Waals surface area contributed by atoms with E-state index in [-0.39, 0.29) is 23.7 Å². The van der Waals surface area contributed by atoms with Gasteiger partial charge < -0.3 is 14.8 Å². The zero-order valence-electron chi connectivity index (χ0n) is 11.0. The summed E-state index contributed by atoms with van der Waals surface area (Å²) in [6, 6.07) is 4.72. The minimum absolute atomic E-state index is 0.177. The molecule has 2 N–H and O–H groups in total. The largest absolute Gasteiger partial charge is 0.748 e. The van der Waals surface area contributed by atoms with Crippen molar-refractivity contribution in [2.24, 2.45) is 0 Å². The minimum atomic E-state index is -4.17. The number of unbranched alkanes of at least 4 members (excludes halogenated alkanes) is 1. The molecule has 0 unspecified atom stereocenters. The molecule has 0 bridgehead atoms. The Labute approximate surface area is 113 Å². The molecule has 0 aliphatic carbocycles. The molecule has 0 heterocycles. The fraction of sp³-hybridized carbons (Fsp3) is 0.500. The van der Waals surface area contributed by atoms with E-state index in [0.29, 0.717) is 23.1 Å². The van der Waals surface area contributed by atoms with Gasteiger partial charge in [-0.15, -0.1) is 0 Å². The molecule has 0 saturated carbocycles. The molecule has 0 aromatic heterocycles. The van der Waals surface area contributed by atoms with Crippen molar-refractivity contribution < 1.29 is 23.2 Å². The third kappa shape index (κ3) is 4.70. The number of aromatic hydroxyl groups is 2. The number of hydrogen-bond donors (Lipinski definition) is 2. The van der Waals surface area contributed by atoms with E-state index in [4.69, 9.17) is 0 Å². The van der Waals surface area contributed by atoms with Crippen LogP contribution < -0.4 is 4.48 Å². The van der Waals surface area contributed by atoms with Crippen molar-refractivity contribution in [2.45, 2.75) is 12.8 Å². The van der Waals surface area contributed by atoms with E-state index in [2.05, 4.69) is 0 Å². The van der Waals surface area contributed by atoms with E-state index < -0.39 is 10.1 Å². The van der Waals surface area contributed by atoms with Crippen LogP contribution in [0.3, 0.4) is 0 Å². The van der Waals surface area contributed by atoms with Gasteiger partial charge in [0.2, 0.25) is 5.75 Å². The molecule has 1 rings (SSSR count). The Kier molecular flexibility index (Phi) is 4.78. The van der Waals surface area contributed by atoms with Gasteiger partial charge in [0.05, 0.1) is 30.8 Å². The van der Waals surface area contributed by atoms with Crippen LogP contribution in [-0.4, -0.2) is 49.6 Å². The molecule has 0 radical (unpaired) electrons. The van der Waals surface area contributed by atoms with E-state index in [9.17, 15) is 23.2 Å². The molecule has 0 aliphatic rings. The topological polar surface area (TPSA) is 97.7 Å². The van der Waals surface area contributed by atoms with Gasteiger partial charge in [0.1, 0.15) is 0 Å². The molecule has 0 spiro atoms. The zero-order chi connectivity index (χ0) is 14.7. The monoisotopic (exact) mass is 289 g/mol. The summed E-state index contributed by atoms with van der Waals surface area (Å²) in [7, 11) is -0.501. The SMILES string of the molecule is C[N+](C)(CCCCS(=O)(=O)[O-])c1cccc(O)c1O. The number of phenolic OH excluding ortho intramolecular Hbond substituents is 2. The summed E-state index contributed by atoms with van der Waals surface area (Å²) in [6.07, 6.45) is 0.816. The smallest absolute Gasteiger partial charge is 0.219 e. The first-order chi connectivity index (χ1) is 8.63. The van der Waals surface area contributed by atoms with Gasteiger partial charge in [0, 0.05) is 11.8 Å². The molecule has 19 heavy (non-hydrogen) atoms. The average molecular weight is 289 g/mol. The van der Waals surface area contributed by atoms with E-state index in [1.54, 1.807) is 12.1 Å². The maximum Gasteiger partial charge on any atom is 0.219 e. The maximum atomic E-state index is 10.5. The Morgan fingerprint density at radius 2 is 1.84 bits per heavy atom. The summed E-state index contributed by atoms with van der Waals surface area (Å²) < 4.78 is 31.8. The summed E-state index contributed by atoms with van der Waals surface area (Å²) in [5.74, 6) is -0.742. The number of phenols is 2. The number of quaternary nitrogens is 1. The highest BCUT2D eigenvalue weighted by molar-refractivity contribution is 7.85. The number of hydrogen-bond acceptors (Lipinski definition) is 5. The van der Waals surface area contributed by atoms with Gasteiger partial charge in [0.25, 0.3) is 0 Å². The molecule has 108 valence electrons. The van der Waals surface area contributed by atoms with Crippen LogP contribution in [0.1, 0.15) is 12.8 Å². The average Bonchev–Trinajstić information content (AvgIpc) is 2.27. The van der Waals surface area contributed by atoms with Gasteiger partial charge in [0.15, 0.2) is 11.4 Å². The predicted octanol–water partition coefficient (Wildman–Crippen LogP) is 0.990. The van der Waals surface area contributed by atoms with Gasteiger partial charge in [-0.3, -0.25) is 4.48 Å². The van der Waals surface area contributed by atoms with E-state index in [1.807, 2.05) is 14.1 Å². The van der Waals surface area contributed by atoms with Crippen molar-refractivity contribution in [1.29, 1.82) is 0 Å². The molecule has 7 heteroatoms. The first-order valence-corrected chi connectivity index (χ1v) is 7.49. The lowest BCUT2D eigenvalue weighted by Gasteiger charge is -2.30. The predicted molar refractivity (Wildman–Crippen MR) is 72.1 cm³/mol. The number of benzene rings is 1. The Balaban J connectivity index is 2.68. The molecule has 0 fully saturated rings. The van der Waals surface area contributed by atoms with Crippen molar-refractivity contribution in [3.63, 3.8) is 0 Å². The van der Waals surface area contributed by atoms with Crippen molar-refractivity contribution in [2.75, 3.05) is 26.4 Å². The molecule has 0 amide bonds. The van der Waals surface area contributed by atoms with Crippen LogP contribution in [0.5, 0.6) is 11.5 Å². The van der Waals surface area contributed by atoms with E-state index in [1.165, 1.54) is 6.07 Å². The van der Waals surface area contributed by atoms with Crippen LogP contribution >= 0.6 is 0 Å². The van der Waals surface area contributed by atoms with Crippen molar-refractivity contribution in [1.82, 2.24) is 4.48 Å². The van der Waals surface area contributed by atoms with Crippen LogP contribution in [0.4, 0.5) is 5.69 Å². The number of rotatable bonds is 6. The molecule has 0 saturated heterocycles.